The standard InChI is InChI=1S/C14H16ClNO4/c15-10-4-5-11-9(7-10)8-12(20-11)14(19)16-6-2-1-3-13(17)18/h4-5,7,12H,1-3,6,8H2,(H,16,19)(H,17,18)/t12-/m0/s1. The molecule has 6 heteroatoms. The number of carbonyl (C=O) groups is 2. The van der Waals surface area contributed by atoms with Crippen molar-refractivity contribution in [2.75, 3.05) is 6.54 Å². The zero-order valence-electron chi connectivity index (χ0n) is 10.9. The average Bonchev–Trinajstić information content (AvgIpc) is 2.80. The van der Waals surface area contributed by atoms with E-state index in [1.807, 2.05) is 0 Å². The Morgan fingerprint density at radius 3 is 2.95 bits per heavy atom. The highest BCUT2D eigenvalue weighted by Crippen LogP contribution is 2.31. The Morgan fingerprint density at radius 1 is 1.40 bits per heavy atom. The Hall–Kier alpha value is -1.75. The molecule has 1 amide bonds. The Morgan fingerprint density at radius 2 is 2.20 bits per heavy atom. The molecule has 0 aromatic heterocycles. The van der Waals surface area contributed by atoms with Gasteiger partial charge in [-0.2, -0.15) is 0 Å². The predicted molar refractivity (Wildman–Crippen MR) is 74.1 cm³/mol. The molecule has 0 spiro atoms. The minimum Gasteiger partial charge on any atom is -0.481 e. The van der Waals surface area contributed by atoms with Crippen LogP contribution in [0.3, 0.4) is 0 Å². The van der Waals surface area contributed by atoms with E-state index in [1.165, 1.54) is 0 Å². The molecule has 1 aliphatic rings. The first-order valence-corrected chi connectivity index (χ1v) is 6.88. The lowest BCUT2D eigenvalue weighted by molar-refractivity contribution is -0.137. The number of benzene rings is 1. The van der Waals surface area contributed by atoms with Gasteiger partial charge in [-0.25, -0.2) is 0 Å². The molecule has 1 aromatic carbocycles. The highest BCUT2D eigenvalue weighted by molar-refractivity contribution is 6.30. The lowest BCUT2D eigenvalue weighted by Crippen LogP contribution is -2.37. The maximum atomic E-state index is 11.9. The van der Waals surface area contributed by atoms with Crippen LogP contribution in [0.4, 0.5) is 0 Å². The van der Waals surface area contributed by atoms with Crippen molar-refractivity contribution in [3.8, 4) is 5.75 Å². The number of carboxylic acid groups (broad SMARTS) is 1. The number of hydrogen-bond donors (Lipinski definition) is 2. The number of unbranched alkanes of at least 4 members (excludes halogenated alkanes) is 1. The maximum Gasteiger partial charge on any atom is 0.303 e. The molecular weight excluding hydrogens is 282 g/mol. The van der Waals surface area contributed by atoms with Gasteiger partial charge in [-0.1, -0.05) is 11.6 Å². The van der Waals surface area contributed by atoms with E-state index in [0.717, 1.165) is 5.56 Å². The van der Waals surface area contributed by atoms with Gasteiger partial charge in [0.1, 0.15) is 5.75 Å². The quantitative estimate of drug-likeness (QED) is 0.788. The molecule has 0 saturated heterocycles. The molecule has 0 radical (unpaired) electrons. The van der Waals surface area contributed by atoms with E-state index in [-0.39, 0.29) is 12.3 Å². The van der Waals surface area contributed by atoms with E-state index in [0.29, 0.717) is 36.6 Å². The van der Waals surface area contributed by atoms with E-state index in [9.17, 15) is 9.59 Å². The van der Waals surface area contributed by atoms with Crippen LogP contribution in [0.2, 0.25) is 5.02 Å². The number of nitrogens with one attached hydrogen (secondary N) is 1. The molecule has 20 heavy (non-hydrogen) atoms. The summed E-state index contributed by atoms with van der Waals surface area (Å²) < 4.78 is 5.55. The van der Waals surface area contributed by atoms with E-state index in [1.54, 1.807) is 18.2 Å². The Kier molecular flexibility index (Phi) is 4.84. The Labute approximate surface area is 121 Å². The minimum atomic E-state index is -0.817. The monoisotopic (exact) mass is 297 g/mol. The van der Waals surface area contributed by atoms with E-state index in [4.69, 9.17) is 21.4 Å². The van der Waals surface area contributed by atoms with Gasteiger partial charge in [0.2, 0.25) is 0 Å². The molecule has 0 saturated carbocycles. The summed E-state index contributed by atoms with van der Waals surface area (Å²) in [5.41, 5.74) is 0.934. The fourth-order valence-corrected chi connectivity index (χ4v) is 2.28. The third kappa shape index (κ3) is 3.87. The summed E-state index contributed by atoms with van der Waals surface area (Å²) in [4.78, 5) is 22.3. The molecular formula is C14H16ClNO4. The molecule has 0 bridgehead atoms. The molecule has 1 aliphatic heterocycles. The third-order valence-electron chi connectivity index (χ3n) is 3.11. The van der Waals surface area contributed by atoms with Crippen molar-refractivity contribution in [1.29, 1.82) is 0 Å². The second kappa shape index (κ2) is 6.61. The second-order valence-corrected chi connectivity index (χ2v) is 5.14. The Balaban J connectivity index is 1.74. The molecule has 5 nitrogen and oxygen atoms in total. The van der Waals surface area contributed by atoms with Crippen molar-refractivity contribution in [2.45, 2.75) is 31.8 Å². The van der Waals surface area contributed by atoms with Crippen LogP contribution in [-0.2, 0) is 16.0 Å². The largest absolute Gasteiger partial charge is 0.481 e. The summed E-state index contributed by atoms with van der Waals surface area (Å²) in [5, 5.41) is 11.9. The molecule has 2 N–H and O–H groups in total. The first-order chi connectivity index (χ1) is 9.56. The molecule has 1 atom stereocenters. The van der Waals surface area contributed by atoms with Crippen LogP contribution >= 0.6 is 11.6 Å². The fourth-order valence-electron chi connectivity index (χ4n) is 2.09. The highest BCUT2D eigenvalue weighted by Gasteiger charge is 2.28. The number of hydrogen-bond acceptors (Lipinski definition) is 3. The highest BCUT2D eigenvalue weighted by atomic mass is 35.5. The van der Waals surface area contributed by atoms with Gasteiger partial charge in [-0.15, -0.1) is 0 Å². The van der Waals surface area contributed by atoms with Crippen LogP contribution in [0, 0.1) is 0 Å². The third-order valence-corrected chi connectivity index (χ3v) is 3.34. The number of ether oxygens (including phenoxy) is 1. The van der Waals surface area contributed by atoms with Gasteiger partial charge in [0, 0.05) is 24.4 Å². The minimum absolute atomic E-state index is 0.125. The van der Waals surface area contributed by atoms with Crippen molar-refractivity contribution in [1.82, 2.24) is 5.32 Å². The summed E-state index contributed by atoms with van der Waals surface area (Å²) in [6.45, 7) is 0.461. The van der Waals surface area contributed by atoms with Gasteiger partial charge in [0.15, 0.2) is 6.10 Å². The summed E-state index contributed by atoms with van der Waals surface area (Å²) in [7, 11) is 0. The van der Waals surface area contributed by atoms with Crippen molar-refractivity contribution < 1.29 is 19.4 Å². The van der Waals surface area contributed by atoms with Crippen molar-refractivity contribution >= 4 is 23.5 Å². The van der Waals surface area contributed by atoms with E-state index < -0.39 is 12.1 Å². The molecule has 1 aromatic rings. The number of amides is 1. The first-order valence-electron chi connectivity index (χ1n) is 6.51. The van der Waals surface area contributed by atoms with E-state index >= 15 is 0 Å². The molecule has 2 rings (SSSR count). The van der Waals surface area contributed by atoms with Crippen LogP contribution in [-0.4, -0.2) is 29.6 Å². The number of carbonyl (C=O) groups excluding carboxylic acids is 1. The van der Waals surface area contributed by atoms with Crippen LogP contribution in [0.25, 0.3) is 0 Å². The van der Waals surface area contributed by atoms with E-state index in [2.05, 4.69) is 5.32 Å². The number of aliphatic carboxylic acids is 1. The van der Waals surface area contributed by atoms with Crippen LogP contribution in [0.5, 0.6) is 5.75 Å². The van der Waals surface area contributed by atoms with Crippen LogP contribution in [0.1, 0.15) is 24.8 Å². The zero-order chi connectivity index (χ0) is 14.5. The maximum absolute atomic E-state index is 11.9. The molecule has 1 heterocycles. The van der Waals surface area contributed by atoms with Crippen LogP contribution < -0.4 is 10.1 Å². The smallest absolute Gasteiger partial charge is 0.303 e. The topological polar surface area (TPSA) is 75.6 Å². The average molecular weight is 298 g/mol. The molecule has 0 fully saturated rings. The summed E-state index contributed by atoms with van der Waals surface area (Å²) in [6, 6.07) is 5.29. The van der Waals surface area contributed by atoms with Gasteiger partial charge in [0.05, 0.1) is 0 Å². The summed E-state index contributed by atoms with van der Waals surface area (Å²) in [5.74, 6) is -0.296. The van der Waals surface area contributed by atoms with Gasteiger partial charge < -0.3 is 15.2 Å². The summed E-state index contributed by atoms with van der Waals surface area (Å²) in [6.07, 6.45) is 1.31. The first kappa shape index (κ1) is 14.7. The normalized spacial score (nSPS) is 16.4. The van der Waals surface area contributed by atoms with Crippen molar-refractivity contribution in [3.05, 3.63) is 28.8 Å². The molecule has 0 unspecified atom stereocenters. The molecule has 108 valence electrons. The number of fused-ring (bicyclic) bond motifs is 1. The second-order valence-electron chi connectivity index (χ2n) is 4.70. The van der Waals surface area contributed by atoms with Gasteiger partial charge in [-0.3, -0.25) is 9.59 Å². The van der Waals surface area contributed by atoms with Crippen LogP contribution in [0.15, 0.2) is 18.2 Å². The number of halogens is 1. The zero-order valence-corrected chi connectivity index (χ0v) is 11.7. The lowest BCUT2D eigenvalue weighted by Gasteiger charge is -2.10. The number of carboxylic acids is 1. The van der Waals surface area contributed by atoms with Gasteiger partial charge in [0.25, 0.3) is 5.91 Å². The molecule has 0 aliphatic carbocycles. The van der Waals surface area contributed by atoms with Crippen molar-refractivity contribution in [2.24, 2.45) is 0 Å². The van der Waals surface area contributed by atoms with Gasteiger partial charge >= 0.3 is 5.97 Å². The fraction of sp³-hybridized carbons (Fsp3) is 0.429. The number of rotatable bonds is 6. The Bertz CT molecular complexity index is 518. The summed E-state index contributed by atoms with van der Waals surface area (Å²) >= 11 is 5.89. The predicted octanol–water partition coefficient (Wildman–Crippen LogP) is 2.01. The van der Waals surface area contributed by atoms with Gasteiger partial charge in [-0.05, 0) is 36.6 Å². The SMILES string of the molecule is O=C(O)CCCCNC(=O)[C@@H]1Cc2cc(Cl)ccc2O1. The lowest BCUT2D eigenvalue weighted by atomic mass is 10.1. The van der Waals surface area contributed by atoms with Crippen molar-refractivity contribution in [3.63, 3.8) is 0 Å².